The molecule has 1 N–H and O–H groups in total. The molecule has 0 aliphatic heterocycles. The van der Waals surface area contributed by atoms with Crippen LogP contribution in [0.4, 0.5) is 0 Å². The lowest BCUT2D eigenvalue weighted by Crippen LogP contribution is -2.08. The van der Waals surface area contributed by atoms with E-state index in [0.717, 1.165) is 35.2 Å². The first-order chi connectivity index (χ1) is 8.58. The first kappa shape index (κ1) is 11.9. The van der Waals surface area contributed by atoms with Gasteiger partial charge in [0.2, 0.25) is 5.43 Å². The fourth-order valence-electron chi connectivity index (χ4n) is 2.47. The molecular weight excluding hydrogens is 264 g/mol. The van der Waals surface area contributed by atoms with Gasteiger partial charge in [0.25, 0.3) is 0 Å². The molecule has 0 atom stereocenters. The van der Waals surface area contributed by atoms with Crippen LogP contribution in [0.1, 0.15) is 23.8 Å². The van der Waals surface area contributed by atoms with E-state index < -0.39 is 0 Å². The van der Waals surface area contributed by atoms with Crippen LogP contribution in [0.3, 0.4) is 0 Å². The number of nitrogens with zero attached hydrogens (tertiary/aromatic N) is 1. The normalized spacial score (nSPS) is 14.1. The third kappa shape index (κ3) is 1.69. The molecule has 0 saturated heterocycles. The lowest BCUT2D eigenvalue weighted by Gasteiger charge is -2.04. The average Bonchev–Trinajstić information content (AvgIpc) is 2.87. The van der Waals surface area contributed by atoms with E-state index >= 15 is 0 Å². The molecule has 1 aliphatic carbocycles. The van der Waals surface area contributed by atoms with Gasteiger partial charge in [0.05, 0.1) is 0 Å². The minimum atomic E-state index is 0.141. The van der Waals surface area contributed by atoms with Gasteiger partial charge >= 0.3 is 0 Å². The van der Waals surface area contributed by atoms with Gasteiger partial charge in [-0.25, -0.2) is 0 Å². The Labute approximate surface area is 114 Å². The van der Waals surface area contributed by atoms with E-state index in [2.05, 4.69) is 11.6 Å². The third-order valence-electron chi connectivity index (χ3n) is 3.25. The summed E-state index contributed by atoms with van der Waals surface area (Å²) < 4.78 is 2.60. The summed E-state index contributed by atoms with van der Waals surface area (Å²) in [6.45, 7) is 6.56. The lowest BCUT2D eigenvalue weighted by atomic mass is 10.2. The number of rotatable bonds is 2. The smallest absolute Gasteiger partial charge is 0.209 e. The fraction of sp³-hybridized carbons (Fsp3) is 0.385. The molecule has 18 heavy (non-hydrogen) atoms. The summed E-state index contributed by atoms with van der Waals surface area (Å²) in [6.07, 6.45) is 3.03. The van der Waals surface area contributed by atoms with Crippen LogP contribution in [0.2, 0.25) is 0 Å². The quantitative estimate of drug-likeness (QED) is 0.677. The summed E-state index contributed by atoms with van der Waals surface area (Å²) in [5.41, 5.74) is 2.84. The Balaban J connectivity index is 2.36. The Morgan fingerprint density at radius 1 is 1.56 bits per heavy atom. The van der Waals surface area contributed by atoms with Crippen molar-refractivity contribution >= 4 is 33.9 Å². The van der Waals surface area contributed by atoms with E-state index in [9.17, 15) is 4.79 Å². The molecule has 2 heterocycles. The predicted octanol–water partition coefficient (Wildman–Crippen LogP) is 3.19. The van der Waals surface area contributed by atoms with E-state index in [4.69, 9.17) is 12.2 Å². The number of hydrogen-bond donors (Lipinski definition) is 1. The van der Waals surface area contributed by atoms with Crippen LogP contribution in [0.5, 0.6) is 0 Å². The van der Waals surface area contributed by atoms with E-state index in [-0.39, 0.29) is 5.43 Å². The van der Waals surface area contributed by atoms with Gasteiger partial charge in [-0.2, -0.15) is 0 Å². The van der Waals surface area contributed by atoms with Crippen molar-refractivity contribution in [2.75, 3.05) is 0 Å². The molecule has 0 aromatic carbocycles. The maximum absolute atomic E-state index is 12.4. The molecule has 5 heteroatoms. The summed E-state index contributed by atoms with van der Waals surface area (Å²) in [6, 6.07) is 0. The monoisotopic (exact) mass is 278 g/mol. The number of imidazole rings is 1. The topological polar surface area (TPSA) is 37.8 Å². The zero-order chi connectivity index (χ0) is 12.9. The second-order valence-electron chi connectivity index (χ2n) is 4.84. The van der Waals surface area contributed by atoms with Crippen LogP contribution in [0, 0.1) is 4.77 Å². The number of nitrogens with one attached hydrogen (secondary N) is 1. The fourth-order valence-corrected chi connectivity index (χ4v) is 4.09. The second-order valence-corrected chi connectivity index (χ2v) is 6.31. The van der Waals surface area contributed by atoms with E-state index in [1.165, 1.54) is 4.88 Å². The number of aryl methyl sites for hydroxylation is 1. The summed E-state index contributed by atoms with van der Waals surface area (Å²) in [7, 11) is 0. The zero-order valence-electron chi connectivity index (χ0n) is 10.2. The Bertz CT molecular complexity index is 764. The van der Waals surface area contributed by atoms with Gasteiger partial charge in [0.15, 0.2) is 4.77 Å². The molecule has 0 unspecified atom stereocenters. The number of fused-ring (bicyclic) bond motifs is 2. The molecule has 3 rings (SSSR count). The maximum Gasteiger partial charge on any atom is 0.209 e. The van der Waals surface area contributed by atoms with Crippen molar-refractivity contribution in [2.45, 2.75) is 32.7 Å². The lowest BCUT2D eigenvalue weighted by molar-refractivity contribution is 0.802. The van der Waals surface area contributed by atoms with E-state index in [0.29, 0.717) is 16.8 Å². The summed E-state index contributed by atoms with van der Waals surface area (Å²) in [5, 5.41) is 0. The minimum absolute atomic E-state index is 0.141. The number of hydrogen-bond acceptors (Lipinski definition) is 3. The Kier molecular flexibility index (Phi) is 2.75. The zero-order valence-corrected chi connectivity index (χ0v) is 11.8. The van der Waals surface area contributed by atoms with Crippen LogP contribution < -0.4 is 5.43 Å². The van der Waals surface area contributed by atoms with Crippen LogP contribution >= 0.6 is 23.6 Å². The summed E-state index contributed by atoms with van der Waals surface area (Å²) >= 11 is 7.01. The standard InChI is InChI=1S/C13H14N2OS2/c1-7(2)6-15-12-10(14-13(15)17)11(16)8-4-3-5-9(8)18-12/h1,3-6H2,2H3,(H,14,17). The highest BCUT2D eigenvalue weighted by Gasteiger charge is 2.20. The average molecular weight is 278 g/mol. The number of allylic oxidation sites excluding steroid dienone is 1. The molecule has 94 valence electrons. The number of H-pyrrole nitrogens is 1. The van der Waals surface area contributed by atoms with Crippen molar-refractivity contribution in [3.63, 3.8) is 0 Å². The molecule has 1 aliphatic rings. The van der Waals surface area contributed by atoms with Crippen molar-refractivity contribution in [3.05, 3.63) is 37.6 Å². The van der Waals surface area contributed by atoms with Crippen LogP contribution in [-0.4, -0.2) is 9.55 Å². The highest BCUT2D eigenvalue weighted by Crippen LogP contribution is 2.28. The van der Waals surface area contributed by atoms with Crippen LogP contribution in [0.15, 0.2) is 16.9 Å². The molecule has 0 fully saturated rings. The van der Waals surface area contributed by atoms with Gasteiger partial charge in [0.1, 0.15) is 10.3 Å². The summed E-state index contributed by atoms with van der Waals surface area (Å²) in [5.74, 6) is 0. The van der Waals surface area contributed by atoms with Crippen molar-refractivity contribution in [1.82, 2.24) is 9.55 Å². The minimum Gasteiger partial charge on any atom is -0.327 e. The molecule has 0 amide bonds. The Morgan fingerprint density at radius 3 is 3.06 bits per heavy atom. The highest BCUT2D eigenvalue weighted by molar-refractivity contribution is 7.71. The summed E-state index contributed by atoms with van der Waals surface area (Å²) in [4.78, 5) is 17.6. The molecular formula is C13H14N2OS2. The molecule has 0 bridgehead atoms. The third-order valence-corrected chi connectivity index (χ3v) is 4.89. The van der Waals surface area contributed by atoms with Gasteiger partial charge in [-0.05, 0) is 38.4 Å². The first-order valence-corrected chi connectivity index (χ1v) is 7.22. The largest absolute Gasteiger partial charge is 0.327 e. The van der Waals surface area contributed by atoms with Crippen molar-refractivity contribution in [2.24, 2.45) is 0 Å². The predicted molar refractivity (Wildman–Crippen MR) is 78.1 cm³/mol. The van der Waals surface area contributed by atoms with Crippen molar-refractivity contribution in [1.29, 1.82) is 0 Å². The highest BCUT2D eigenvalue weighted by atomic mass is 32.1. The van der Waals surface area contributed by atoms with E-state index in [1.807, 2.05) is 11.5 Å². The Hall–Kier alpha value is -1.20. The van der Waals surface area contributed by atoms with Crippen molar-refractivity contribution < 1.29 is 0 Å². The van der Waals surface area contributed by atoms with Gasteiger partial charge in [-0.15, -0.1) is 11.3 Å². The van der Waals surface area contributed by atoms with Gasteiger partial charge in [0, 0.05) is 17.0 Å². The number of aromatic amines is 1. The van der Waals surface area contributed by atoms with E-state index in [1.54, 1.807) is 11.3 Å². The molecule has 0 radical (unpaired) electrons. The first-order valence-electron chi connectivity index (χ1n) is 5.99. The SMILES string of the molecule is C=C(C)Cn1c(=S)[nH]c2c(=O)c3c(sc21)CCC3. The van der Waals surface area contributed by atoms with Gasteiger partial charge < -0.3 is 9.55 Å². The molecule has 2 aromatic heterocycles. The number of aromatic nitrogens is 2. The molecule has 2 aromatic rings. The molecule has 3 nitrogen and oxygen atoms in total. The van der Waals surface area contributed by atoms with Crippen molar-refractivity contribution in [3.8, 4) is 0 Å². The van der Waals surface area contributed by atoms with Gasteiger partial charge in [-0.1, -0.05) is 12.2 Å². The Morgan fingerprint density at radius 2 is 2.33 bits per heavy atom. The molecule has 0 spiro atoms. The van der Waals surface area contributed by atoms with Crippen LogP contribution in [-0.2, 0) is 19.4 Å². The maximum atomic E-state index is 12.4. The van der Waals surface area contributed by atoms with Crippen LogP contribution in [0.25, 0.3) is 10.3 Å². The second kappa shape index (κ2) is 4.17. The molecule has 0 saturated carbocycles. The van der Waals surface area contributed by atoms with Gasteiger partial charge in [-0.3, -0.25) is 4.79 Å².